The molecule has 4 aromatic rings. The molecule has 0 spiro atoms. The summed E-state index contributed by atoms with van der Waals surface area (Å²) in [5.74, 6) is 0.490. The van der Waals surface area contributed by atoms with Crippen LogP contribution in [0, 0.1) is 0 Å². The summed E-state index contributed by atoms with van der Waals surface area (Å²) in [6.07, 6.45) is 2.52. The Morgan fingerprint density at radius 1 is 1.17 bits per heavy atom. The average molecular weight is 439 g/mol. The number of rotatable bonds is 7. The van der Waals surface area contributed by atoms with Crippen LogP contribution < -0.4 is 0 Å². The van der Waals surface area contributed by atoms with Gasteiger partial charge >= 0.3 is 5.97 Å². The van der Waals surface area contributed by atoms with Crippen molar-refractivity contribution in [2.45, 2.75) is 43.9 Å². The van der Waals surface area contributed by atoms with Crippen molar-refractivity contribution in [1.29, 1.82) is 0 Å². The Labute approximate surface area is 183 Å². The van der Waals surface area contributed by atoms with Gasteiger partial charge in [-0.15, -0.1) is 11.3 Å². The number of aromatic carboxylic acids is 1. The monoisotopic (exact) mass is 438 g/mol. The smallest absolute Gasteiger partial charge is 0.371 e. The van der Waals surface area contributed by atoms with E-state index in [1.807, 2.05) is 0 Å². The van der Waals surface area contributed by atoms with Crippen LogP contribution in [0.4, 0.5) is 0 Å². The molecule has 0 radical (unpaired) electrons. The third kappa shape index (κ3) is 4.00. The molecule has 0 amide bonds. The van der Waals surface area contributed by atoms with Crippen LogP contribution in [-0.2, 0) is 12.2 Å². The summed E-state index contributed by atoms with van der Waals surface area (Å²) in [4.78, 5) is 22.4. The Bertz CT molecular complexity index is 1190. The van der Waals surface area contributed by atoms with Crippen molar-refractivity contribution in [3.8, 4) is 11.1 Å². The van der Waals surface area contributed by atoms with E-state index in [0.29, 0.717) is 17.4 Å². The van der Waals surface area contributed by atoms with Gasteiger partial charge in [0.25, 0.3) is 0 Å². The van der Waals surface area contributed by atoms with Gasteiger partial charge in [-0.25, -0.2) is 14.8 Å². The summed E-state index contributed by atoms with van der Waals surface area (Å²) in [6.45, 7) is 6.55. The Hall–Kier alpha value is -2.64. The third-order valence-corrected chi connectivity index (χ3v) is 7.19. The number of furan rings is 1. The summed E-state index contributed by atoms with van der Waals surface area (Å²) in [5, 5.41) is 11.0. The van der Waals surface area contributed by atoms with Crippen molar-refractivity contribution in [1.82, 2.24) is 9.97 Å². The van der Waals surface area contributed by atoms with E-state index in [1.54, 1.807) is 23.7 Å². The highest BCUT2D eigenvalue weighted by molar-refractivity contribution is 7.98. The van der Waals surface area contributed by atoms with Gasteiger partial charge in [-0.05, 0) is 35.6 Å². The molecule has 3 heterocycles. The van der Waals surface area contributed by atoms with Crippen molar-refractivity contribution in [2.24, 2.45) is 0 Å². The van der Waals surface area contributed by atoms with Gasteiger partial charge in [0, 0.05) is 10.4 Å². The summed E-state index contributed by atoms with van der Waals surface area (Å²) in [7, 11) is 0. The lowest BCUT2D eigenvalue weighted by molar-refractivity contribution is 0.0661. The maximum absolute atomic E-state index is 11.0. The van der Waals surface area contributed by atoms with Gasteiger partial charge in [0.15, 0.2) is 0 Å². The van der Waals surface area contributed by atoms with Gasteiger partial charge in [0.05, 0.1) is 11.1 Å². The number of thiophene rings is 1. The average Bonchev–Trinajstić information content (AvgIpc) is 3.37. The second-order valence-corrected chi connectivity index (χ2v) is 9.30. The molecule has 7 heteroatoms. The van der Waals surface area contributed by atoms with Crippen LogP contribution in [0.2, 0.25) is 0 Å². The number of thioether (sulfide) groups is 1. The lowest BCUT2D eigenvalue weighted by atomic mass is 9.97. The predicted octanol–water partition coefficient (Wildman–Crippen LogP) is 6.63. The molecule has 0 atom stereocenters. The van der Waals surface area contributed by atoms with Gasteiger partial charge in [-0.2, -0.15) is 0 Å². The lowest BCUT2D eigenvalue weighted by Gasteiger charge is -2.09. The van der Waals surface area contributed by atoms with Gasteiger partial charge in [0.1, 0.15) is 21.9 Å². The normalized spacial score (nSPS) is 11.5. The first-order chi connectivity index (χ1) is 14.5. The minimum Gasteiger partial charge on any atom is -0.475 e. The molecule has 0 aliphatic carbocycles. The minimum absolute atomic E-state index is 0.0480. The number of benzene rings is 1. The molecule has 3 aromatic heterocycles. The number of aromatic nitrogens is 2. The second kappa shape index (κ2) is 8.62. The standard InChI is InChI=1S/C23H22N2O3S2/c1-4-18-19(15-7-5-14(6-8-15)13(2)3)20-21(24-12-25-22(20)30-18)29-11-16-9-10-17(28-16)23(26)27/h5-10,12-13H,4,11H2,1-3H3,(H,26,27). The first-order valence-electron chi connectivity index (χ1n) is 9.79. The van der Waals surface area contributed by atoms with Crippen LogP contribution in [0.5, 0.6) is 0 Å². The highest BCUT2D eigenvalue weighted by atomic mass is 32.2. The first-order valence-corrected chi connectivity index (χ1v) is 11.6. The number of carbonyl (C=O) groups is 1. The number of aryl methyl sites for hydroxylation is 1. The maximum Gasteiger partial charge on any atom is 0.371 e. The van der Waals surface area contributed by atoms with Crippen molar-refractivity contribution >= 4 is 39.3 Å². The highest BCUT2D eigenvalue weighted by Gasteiger charge is 2.19. The Morgan fingerprint density at radius 2 is 1.93 bits per heavy atom. The van der Waals surface area contributed by atoms with E-state index in [1.165, 1.54) is 39.4 Å². The van der Waals surface area contributed by atoms with E-state index in [4.69, 9.17) is 9.52 Å². The number of hydrogen-bond acceptors (Lipinski definition) is 6. The molecule has 0 saturated carbocycles. The van der Waals surface area contributed by atoms with E-state index >= 15 is 0 Å². The second-order valence-electron chi connectivity index (χ2n) is 7.25. The quantitative estimate of drug-likeness (QED) is 0.258. The van der Waals surface area contributed by atoms with E-state index in [0.717, 1.165) is 21.7 Å². The molecule has 154 valence electrons. The molecule has 0 aliphatic rings. The largest absolute Gasteiger partial charge is 0.475 e. The van der Waals surface area contributed by atoms with E-state index in [9.17, 15) is 4.79 Å². The molecule has 1 aromatic carbocycles. The fourth-order valence-electron chi connectivity index (χ4n) is 3.36. The molecule has 0 unspecified atom stereocenters. The van der Waals surface area contributed by atoms with Gasteiger partial charge in [-0.3, -0.25) is 0 Å². The van der Waals surface area contributed by atoms with Crippen LogP contribution in [-0.4, -0.2) is 21.0 Å². The SMILES string of the molecule is CCc1sc2ncnc(SCc3ccc(C(=O)O)o3)c2c1-c1ccc(C(C)C)cc1. The molecule has 0 fully saturated rings. The topological polar surface area (TPSA) is 76.2 Å². The van der Waals surface area contributed by atoms with Gasteiger partial charge in [0.2, 0.25) is 5.76 Å². The minimum atomic E-state index is -1.06. The molecular weight excluding hydrogens is 416 g/mol. The molecule has 0 aliphatic heterocycles. The molecule has 30 heavy (non-hydrogen) atoms. The van der Waals surface area contributed by atoms with Crippen molar-refractivity contribution in [2.75, 3.05) is 0 Å². The zero-order valence-corrected chi connectivity index (χ0v) is 18.6. The number of fused-ring (bicyclic) bond motifs is 1. The summed E-state index contributed by atoms with van der Waals surface area (Å²) >= 11 is 3.25. The van der Waals surface area contributed by atoms with Gasteiger partial charge in [-0.1, -0.05) is 56.8 Å². The molecule has 4 rings (SSSR count). The fraction of sp³-hybridized carbons (Fsp3) is 0.261. The zero-order chi connectivity index (χ0) is 21.3. The summed E-state index contributed by atoms with van der Waals surface area (Å²) in [5.41, 5.74) is 3.68. The van der Waals surface area contributed by atoms with Crippen LogP contribution in [0.15, 0.2) is 52.2 Å². The summed E-state index contributed by atoms with van der Waals surface area (Å²) in [6, 6.07) is 11.9. The van der Waals surface area contributed by atoms with E-state index in [2.05, 4.69) is 55.0 Å². The number of carboxylic acid groups (broad SMARTS) is 1. The first kappa shape index (κ1) is 20.6. The third-order valence-electron chi connectivity index (χ3n) is 4.94. The fourth-order valence-corrected chi connectivity index (χ4v) is 5.42. The van der Waals surface area contributed by atoms with E-state index < -0.39 is 5.97 Å². The zero-order valence-electron chi connectivity index (χ0n) is 17.0. The van der Waals surface area contributed by atoms with Crippen LogP contribution in [0.1, 0.15) is 53.4 Å². The lowest BCUT2D eigenvalue weighted by Crippen LogP contribution is -1.92. The van der Waals surface area contributed by atoms with E-state index in [-0.39, 0.29) is 5.76 Å². The van der Waals surface area contributed by atoms with Crippen molar-refractivity contribution in [3.05, 3.63) is 64.7 Å². The Morgan fingerprint density at radius 3 is 2.57 bits per heavy atom. The highest BCUT2D eigenvalue weighted by Crippen LogP contribution is 2.42. The summed E-state index contributed by atoms with van der Waals surface area (Å²) < 4.78 is 5.39. The molecule has 1 N–H and O–H groups in total. The van der Waals surface area contributed by atoms with Crippen molar-refractivity contribution in [3.63, 3.8) is 0 Å². The van der Waals surface area contributed by atoms with Crippen LogP contribution in [0.25, 0.3) is 21.3 Å². The Kier molecular flexibility index (Phi) is 5.92. The molecule has 0 saturated heterocycles. The van der Waals surface area contributed by atoms with Crippen LogP contribution >= 0.6 is 23.1 Å². The maximum atomic E-state index is 11.0. The molecule has 5 nitrogen and oxygen atoms in total. The van der Waals surface area contributed by atoms with Crippen LogP contribution in [0.3, 0.4) is 0 Å². The molecule has 0 bridgehead atoms. The number of nitrogens with zero attached hydrogens (tertiary/aromatic N) is 2. The number of carboxylic acids is 1. The molecular formula is C23H22N2O3S2. The van der Waals surface area contributed by atoms with Crippen molar-refractivity contribution < 1.29 is 14.3 Å². The Balaban J connectivity index is 1.73. The predicted molar refractivity (Wildman–Crippen MR) is 122 cm³/mol. The number of hydrogen-bond donors (Lipinski definition) is 1. The van der Waals surface area contributed by atoms with Gasteiger partial charge < -0.3 is 9.52 Å².